The molecule has 1 unspecified atom stereocenters. The van der Waals surface area contributed by atoms with Crippen molar-refractivity contribution >= 4 is 0 Å². The molecule has 0 aliphatic heterocycles. The van der Waals surface area contributed by atoms with Crippen LogP contribution in [0, 0.1) is 0 Å². The first-order valence-electron chi connectivity index (χ1n) is 6.05. The summed E-state index contributed by atoms with van der Waals surface area (Å²) in [4.78, 5) is 2.87. The molecule has 0 fully saturated rings. The Morgan fingerprint density at radius 2 is 2.06 bits per heavy atom. The molecule has 0 saturated heterocycles. The Kier molecular flexibility index (Phi) is 6.15. The molecule has 92 valence electrons. The molecule has 1 aromatic rings. The van der Waals surface area contributed by atoms with Gasteiger partial charge in [-0.15, -0.1) is 0 Å². The van der Waals surface area contributed by atoms with Crippen molar-refractivity contribution in [2.24, 2.45) is 5.11 Å². The van der Waals surface area contributed by atoms with Gasteiger partial charge in [-0.2, -0.15) is 0 Å². The molecule has 0 heterocycles. The zero-order valence-electron chi connectivity index (χ0n) is 10.2. The van der Waals surface area contributed by atoms with Crippen LogP contribution in [0.5, 0.6) is 0 Å². The van der Waals surface area contributed by atoms with Gasteiger partial charge in [0, 0.05) is 11.5 Å². The van der Waals surface area contributed by atoms with Gasteiger partial charge in [-0.05, 0) is 35.9 Å². The van der Waals surface area contributed by atoms with Crippen molar-refractivity contribution in [3.63, 3.8) is 0 Å². The fourth-order valence-corrected chi connectivity index (χ4v) is 1.83. The Balaban J connectivity index is 2.75. The Bertz CT molecular complexity index is 369. The van der Waals surface area contributed by atoms with Crippen LogP contribution in [0.4, 0.5) is 0 Å². The molecule has 0 saturated carbocycles. The van der Waals surface area contributed by atoms with Gasteiger partial charge in [-0.25, -0.2) is 0 Å². The molecule has 0 radical (unpaired) electrons. The van der Waals surface area contributed by atoms with Gasteiger partial charge in [0.15, 0.2) is 0 Å². The third kappa shape index (κ3) is 4.47. The summed E-state index contributed by atoms with van der Waals surface area (Å²) in [7, 11) is 0. The smallest absolute Gasteiger partial charge is 0.0626 e. The van der Waals surface area contributed by atoms with Crippen molar-refractivity contribution in [2.45, 2.75) is 38.6 Å². The second-order valence-electron chi connectivity index (χ2n) is 4.08. The number of aryl methyl sites for hydroxylation is 1. The lowest BCUT2D eigenvalue weighted by molar-refractivity contribution is 0.280. The Morgan fingerprint density at radius 1 is 1.35 bits per heavy atom. The average molecular weight is 233 g/mol. The fourth-order valence-electron chi connectivity index (χ4n) is 1.83. The zero-order chi connectivity index (χ0) is 12.5. The van der Waals surface area contributed by atoms with E-state index in [4.69, 9.17) is 10.6 Å². The lowest BCUT2D eigenvalue weighted by atomic mass is 10.0. The van der Waals surface area contributed by atoms with E-state index in [2.05, 4.69) is 29.1 Å². The van der Waals surface area contributed by atoms with Crippen molar-refractivity contribution in [2.75, 3.05) is 6.61 Å². The molecule has 1 atom stereocenters. The van der Waals surface area contributed by atoms with Crippen molar-refractivity contribution in [1.82, 2.24) is 0 Å². The third-order valence-corrected chi connectivity index (χ3v) is 2.73. The second-order valence-corrected chi connectivity index (χ2v) is 4.08. The molecule has 0 spiro atoms. The van der Waals surface area contributed by atoms with Crippen molar-refractivity contribution < 1.29 is 5.11 Å². The van der Waals surface area contributed by atoms with E-state index in [1.165, 1.54) is 5.56 Å². The molecule has 1 rings (SSSR count). The minimum Gasteiger partial charge on any atom is -0.396 e. The highest BCUT2D eigenvalue weighted by atomic mass is 16.2. The summed E-state index contributed by atoms with van der Waals surface area (Å²) in [5.74, 6) is 0. The lowest BCUT2D eigenvalue weighted by Crippen LogP contribution is -1.97. The van der Waals surface area contributed by atoms with Crippen LogP contribution in [0.25, 0.3) is 10.4 Å². The predicted octanol–water partition coefficient (Wildman–Crippen LogP) is 3.76. The first kappa shape index (κ1) is 13.6. The summed E-state index contributed by atoms with van der Waals surface area (Å²) in [6.45, 7) is 2.28. The predicted molar refractivity (Wildman–Crippen MR) is 68.6 cm³/mol. The first-order valence-corrected chi connectivity index (χ1v) is 6.05. The topological polar surface area (TPSA) is 69.0 Å². The summed E-state index contributed by atoms with van der Waals surface area (Å²) in [5.41, 5.74) is 10.9. The number of rotatable bonds is 7. The summed E-state index contributed by atoms with van der Waals surface area (Å²) in [5, 5.41) is 12.6. The number of aliphatic hydroxyl groups excluding tert-OH is 1. The van der Waals surface area contributed by atoms with Gasteiger partial charge < -0.3 is 5.11 Å². The number of hydrogen-bond donors (Lipinski definition) is 1. The van der Waals surface area contributed by atoms with Crippen LogP contribution < -0.4 is 0 Å². The van der Waals surface area contributed by atoms with E-state index < -0.39 is 0 Å². The van der Waals surface area contributed by atoms with Crippen LogP contribution in [-0.4, -0.2) is 11.7 Å². The van der Waals surface area contributed by atoms with E-state index in [9.17, 15) is 0 Å². The maximum atomic E-state index is 8.81. The quantitative estimate of drug-likeness (QED) is 0.435. The molecule has 17 heavy (non-hydrogen) atoms. The highest BCUT2D eigenvalue weighted by Crippen LogP contribution is 2.23. The lowest BCUT2D eigenvalue weighted by Gasteiger charge is -2.11. The van der Waals surface area contributed by atoms with Crippen LogP contribution in [0.15, 0.2) is 29.4 Å². The van der Waals surface area contributed by atoms with Gasteiger partial charge >= 0.3 is 0 Å². The highest BCUT2D eigenvalue weighted by Gasteiger charge is 2.08. The van der Waals surface area contributed by atoms with E-state index in [1.807, 2.05) is 12.1 Å². The summed E-state index contributed by atoms with van der Waals surface area (Å²) in [6, 6.07) is 8.03. The van der Waals surface area contributed by atoms with E-state index in [0.29, 0.717) is 12.8 Å². The van der Waals surface area contributed by atoms with Gasteiger partial charge in [0.25, 0.3) is 0 Å². The fraction of sp³-hybridized carbons (Fsp3) is 0.538. The molecule has 4 heteroatoms. The Labute approximate surface area is 102 Å². The molecule has 4 nitrogen and oxygen atoms in total. The minimum atomic E-state index is -0.164. The minimum absolute atomic E-state index is 0.130. The molecule has 0 aromatic heterocycles. The molecule has 1 N–H and O–H groups in total. The number of azide groups is 1. The summed E-state index contributed by atoms with van der Waals surface area (Å²) in [6.07, 6.45) is 3.54. The zero-order valence-corrected chi connectivity index (χ0v) is 10.2. The van der Waals surface area contributed by atoms with Gasteiger partial charge in [-0.1, -0.05) is 42.7 Å². The van der Waals surface area contributed by atoms with E-state index >= 15 is 0 Å². The first-order chi connectivity index (χ1) is 8.31. The summed E-state index contributed by atoms with van der Waals surface area (Å²) >= 11 is 0. The van der Waals surface area contributed by atoms with Crippen molar-refractivity contribution in [1.29, 1.82) is 0 Å². The molecular weight excluding hydrogens is 214 g/mol. The van der Waals surface area contributed by atoms with Crippen LogP contribution in [0.2, 0.25) is 0 Å². The maximum absolute atomic E-state index is 8.81. The number of hydrogen-bond acceptors (Lipinski definition) is 2. The van der Waals surface area contributed by atoms with Gasteiger partial charge in [0.2, 0.25) is 0 Å². The van der Waals surface area contributed by atoms with Crippen molar-refractivity contribution in [3.05, 3.63) is 45.8 Å². The van der Waals surface area contributed by atoms with Gasteiger partial charge in [0.1, 0.15) is 0 Å². The van der Waals surface area contributed by atoms with Gasteiger partial charge in [0.05, 0.1) is 6.04 Å². The third-order valence-electron chi connectivity index (χ3n) is 2.73. The molecule has 0 bridgehead atoms. The van der Waals surface area contributed by atoms with E-state index in [-0.39, 0.29) is 12.6 Å². The van der Waals surface area contributed by atoms with Crippen molar-refractivity contribution in [3.8, 4) is 0 Å². The van der Waals surface area contributed by atoms with Crippen LogP contribution in [-0.2, 0) is 6.42 Å². The second kappa shape index (κ2) is 7.71. The summed E-state index contributed by atoms with van der Waals surface area (Å²) < 4.78 is 0. The Hall–Kier alpha value is -1.51. The van der Waals surface area contributed by atoms with Gasteiger partial charge in [-0.3, -0.25) is 0 Å². The molecule has 0 aliphatic rings. The van der Waals surface area contributed by atoms with Crippen LogP contribution >= 0.6 is 0 Å². The SMILES string of the molecule is CCCc1ccc(C(CCCO)N=[N+]=[N-])cc1. The monoisotopic (exact) mass is 233 g/mol. The van der Waals surface area contributed by atoms with E-state index in [1.54, 1.807) is 0 Å². The average Bonchev–Trinajstić information content (AvgIpc) is 2.36. The maximum Gasteiger partial charge on any atom is 0.0626 e. The number of benzene rings is 1. The normalized spacial score (nSPS) is 11.9. The van der Waals surface area contributed by atoms with Crippen LogP contribution in [0.1, 0.15) is 43.4 Å². The molecule has 1 aromatic carbocycles. The largest absolute Gasteiger partial charge is 0.396 e. The highest BCUT2D eigenvalue weighted by molar-refractivity contribution is 5.25. The van der Waals surface area contributed by atoms with Crippen LogP contribution in [0.3, 0.4) is 0 Å². The Morgan fingerprint density at radius 3 is 2.59 bits per heavy atom. The standard InChI is InChI=1S/C13H19N3O/c1-2-4-11-6-8-12(9-7-11)13(15-16-14)5-3-10-17/h6-9,13,17H,2-5,10H2,1H3. The molecule has 0 aliphatic carbocycles. The molecule has 0 amide bonds. The molecular formula is C13H19N3O. The van der Waals surface area contributed by atoms with E-state index in [0.717, 1.165) is 18.4 Å². The number of aliphatic hydroxyl groups is 1. The number of nitrogens with zero attached hydrogens (tertiary/aromatic N) is 3.